The third kappa shape index (κ3) is 6.07. The molecule has 3 heteroatoms. The van der Waals surface area contributed by atoms with Crippen LogP contribution in [-0.4, -0.2) is 35.2 Å². The highest BCUT2D eigenvalue weighted by atomic mass is 16.5. The minimum Gasteiger partial charge on any atom is -0.508 e. The van der Waals surface area contributed by atoms with Crippen LogP contribution in [0.2, 0.25) is 0 Å². The van der Waals surface area contributed by atoms with Crippen molar-refractivity contribution < 1.29 is 9.84 Å². The van der Waals surface area contributed by atoms with E-state index in [-0.39, 0.29) is 5.41 Å². The Bertz CT molecular complexity index is 734. The highest BCUT2D eigenvalue weighted by Crippen LogP contribution is 2.41. The van der Waals surface area contributed by atoms with Crippen molar-refractivity contribution in [3.8, 4) is 5.75 Å². The first-order chi connectivity index (χ1) is 13.8. The van der Waals surface area contributed by atoms with E-state index in [1.54, 1.807) is 0 Å². The Labute approximate surface area is 177 Å². The molecule has 1 atom stereocenters. The molecule has 0 aliphatic heterocycles. The first-order valence-corrected chi connectivity index (χ1v) is 11.0. The van der Waals surface area contributed by atoms with E-state index in [0.29, 0.717) is 24.4 Å². The van der Waals surface area contributed by atoms with E-state index in [2.05, 4.69) is 76.8 Å². The van der Waals surface area contributed by atoms with Gasteiger partial charge in [0.15, 0.2) is 0 Å². The minimum absolute atomic E-state index is 0.284. The van der Waals surface area contributed by atoms with Crippen LogP contribution < -0.4 is 0 Å². The van der Waals surface area contributed by atoms with Gasteiger partial charge in [0.05, 0.1) is 6.61 Å². The Morgan fingerprint density at radius 2 is 1.66 bits per heavy atom. The number of hydrogen-bond donors (Lipinski definition) is 1. The lowest BCUT2D eigenvalue weighted by Gasteiger charge is -2.37. The van der Waals surface area contributed by atoms with Crippen LogP contribution in [-0.2, 0) is 16.8 Å². The van der Waals surface area contributed by atoms with Gasteiger partial charge >= 0.3 is 0 Å². The topological polar surface area (TPSA) is 32.7 Å². The maximum atomic E-state index is 10.8. The van der Waals surface area contributed by atoms with E-state index < -0.39 is 0 Å². The maximum absolute atomic E-state index is 10.8. The second kappa shape index (κ2) is 10.8. The molecule has 1 N–H and O–H groups in total. The number of ether oxygens (including phenoxy) is 1. The number of hydrogen-bond acceptors (Lipinski definition) is 3. The quantitative estimate of drug-likeness (QED) is 0.463. The summed E-state index contributed by atoms with van der Waals surface area (Å²) in [5, 5.41) is 10.8. The molecule has 3 nitrogen and oxygen atoms in total. The fraction of sp³-hybridized carbons (Fsp3) is 0.538. The van der Waals surface area contributed by atoms with Crippen molar-refractivity contribution in [3.05, 3.63) is 65.2 Å². The maximum Gasteiger partial charge on any atom is 0.119 e. The molecule has 160 valence electrons. The van der Waals surface area contributed by atoms with Gasteiger partial charge in [-0.25, -0.2) is 0 Å². The van der Waals surface area contributed by atoms with Crippen LogP contribution in [0.1, 0.15) is 71.1 Å². The molecule has 0 saturated heterocycles. The summed E-state index contributed by atoms with van der Waals surface area (Å²) < 4.78 is 5.75. The van der Waals surface area contributed by atoms with Crippen molar-refractivity contribution in [2.75, 3.05) is 13.2 Å². The number of phenols is 1. The standard InChI is InChI=1S/C26H39NO2/c1-7-17-29-19-22-13-14-25(28)24(18-22)26(6,23-11-9-8-10-12-23)15-16-27(20(2)3)21(4)5/h8-14,18,20-21,28H,7,15-17,19H2,1-6H3. The van der Waals surface area contributed by atoms with Crippen LogP contribution in [0.15, 0.2) is 48.5 Å². The summed E-state index contributed by atoms with van der Waals surface area (Å²) in [5.74, 6) is 0.358. The second-order valence-corrected chi connectivity index (χ2v) is 8.78. The summed E-state index contributed by atoms with van der Waals surface area (Å²) in [6.45, 7) is 15.7. The number of nitrogens with zero attached hydrogens (tertiary/aromatic N) is 1. The Hall–Kier alpha value is -1.84. The summed E-state index contributed by atoms with van der Waals surface area (Å²) in [4.78, 5) is 2.52. The smallest absolute Gasteiger partial charge is 0.119 e. The zero-order chi connectivity index (χ0) is 21.4. The van der Waals surface area contributed by atoms with Crippen molar-refractivity contribution in [2.24, 2.45) is 0 Å². The first kappa shape index (κ1) is 23.4. The van der Waals surface area contributed by atoms with E-state index in [1.807, 2.05) is 18.2 Å². The molecule has 0 radical (unpaired) electrons. The molecule has 1 unspecified atom stereocenters. The van der Waals surface area contributed by atoms with Crippen molar-refractivity contribution in [1.29, 1.82) is 0 Å². The van der Waals surface area contributed by atoms with Crippen LogP contribution in [0, 0.1) is 0 Å². The normalized spacial score (nSPS) is 14.0. The van der Waals surface area contributed by atoms with Gasteiger partial charge in [-0.3, -0.25) is 4.90 Å². The third-order valence-electron chi connectivity index (χ3n) is 5.88. The molecule has 0 fully saturated rings. The fourth-order valence-electron chi connectivity index (χ4n) is 4.16. The third-order valence-corrected chi connectivity index (χ3v) is 5.88. The van der Waals surface area contributed by atoms with Crippen molar-refractivity contribution in [2.45, 2.75) is 78.5 Å². The van der Waals surface area contributed by atoms with Gasteiger partial charge in [0.2, 0.25) is 0 Å². The van der Waals surface area contributed by atoms with Gasteiger partial charge in [0.1, 0.15) is 5.75 Å². The van der Waals surface area contributed by atoms with Crippen LogP contribution >= 0.6 is 0 Å². The molecule has 0 spiro atoms. The Kier molecular flexibility index (Phi) is 8.73. The molecule has 0 aliphatic carbocycles. The zero-order valence-electron chi connectivity index (χ0n) is 19.1. The largest absolute Gasteiger partial charge is 0.508 e. The molecule has 0 aromatic heterocycles. The van der Waals surface area contributed by atoms with Crippen LogP contribution in [0.3, 0.4) is 0 Å². The molecule has 0 heterocycles. The summed E-state index contributed by atoms with van der Waals surface area (Å²) in [7, 11) is 0. The van der Waals surface area contributed by atoms with E-state index in [9.17, 15) is 5.11 Å². The highest BCUT2D eigenvalue weighted by molar-refractivity contribution is 5.47. The lowest BCUT2D eigenvalue weighted by molar-refractivity contribution is 0.121. The summed E-state index contributed by atoms with van der Waals surface area (Å²) >= 11 is 0. The van der Waals surface area contributed by atoms with Gasteiger partial charge in [-0.2, -0.15) is 0 Å². The van der Waals surface area contributed by atoms with Crippen LogP contribution in [0.4, 0.5) is 0 Å². The highest BCUT2D eigenvalue weighted by Gasteiger charge is 2.32. The van der Waals surface area contributed by atoms with Crippen LogP contribution in [0.5, 0.6) is 5.75 Å². The number of benzene rings is 2. The predicted molar refractivity (Wildman–Crippen MR) is 123 cm³/mol. The summed E-state index contributed by atoms with van der Waals surface area (Å²) in [6, 6.07) is 17.5. The molecule has 2 aromatic rings. The van der Waals surface area contributed by atoms with Gasteiger partial charge in [0.25, 0.3) is 0 Å². The number of phenolic OH excluding ortho intramolecular Hbond substituents is 1. The average Bonchev–Trinajstić information content (AvgIpc) is 2.69. The van der Waals surface area contributed by atoms with E-state index in [0.717, 1.165) is 37.1 Å². The van der Waals surface area contributed by atoms with Gasteiger partial charge in [-0.1, -0.05) is 50.2 Å². The molecule has 2 rings (SSSR count). The van der Waals surface area contributed by atoms with Crippen LogP contribution in [0.25, 0.3) is 0 Å². The van der Waals surface area contributed by atoms with E-state index in [4.69, 9.17) is 4.74 Å². The molecular weight excluding hydrogens is 358 g/mol. The molecule has 29 heavy (non-hydrogen) atoms. The monoisotopic (exact) mass is 397 g/mol. The SMILES string of the molecule is CCCOCc1ccc(O)c(C(C)(CCN(C(C)C)C(C)C)c2ccccc2)c1. The molecule has 0 bridgehead atoms. The Balaban J connectivity index is 2.42. The van der Waals surface area contributed by atoms with Gasteiger partial charge in [-0.05, 0) is 70.3 Å². The van der Waals surface area contributed by atoms with E-state index >= 15 is 0 Å². The van der Waals surface area contributed by atoms with Crippen molar-refractivity contribution in [3.63, 3.8) is 0 Å². The molecular formula is C26H39NO2. The Morgan fingerprint density at radius 1 is 1.00 bits per heavy atom. The fourth-order valence-corrected chi connectivity index (χ4v) is 4.16. The lowest BCUT2D eigenvalue weighted by atomic mass is 9.72. The molecule has 0 aliphatic rings. The van der Waals surface area contributed by atoms with Gasteiger partial charge < -0.3 is 9.84 Å². The first-order valence-electron chi connectivity index (χ1n) is 11.0. The molecule has 2 aromatic carbocycles. The van der Waals surface area contributed by atoms with Crippen molar-refractivity contribution >= 4 is 0 Å². The molecule has 0 saturated carbocycles. The van der Waals surface area contributed by atoms with Gasteiger partial charge in [-0.15, -0.1) is 0 Å². The van der Waals surface area contributed by atoms with Crippen molar-refractivity contribution in [1.82, 2.24) is 4.90 Å². The van der Waals surface area contributed by atoms with Gasteiger partial charge in [0, 0.05) is 29.7 Å². The zero-order valence-corrected chi connectivity index (χ0v) is 19.1. The number of rotatable bonds is 11. The Morgan fingerprint density at radius 3 is 2.24 bits per heavy atom. The molecule has 0 amide bonds. The second-order valence-electron chi connectivity index (χ2n) is 8.78. The number of aromatic hydroxyl groups is 1. The summed E-state index contributed by atoms with van der Waals surface area (Å²) in [6.07, 6.45) is 1.94. The minimum atomic E-state index is -0.284. The van der Waals surface area contributed by atoms with E-state index in [1.165, 1.54) is 5.56 Å². The lowest BCUT2D eigenvalue weighted by Crippen LogP contribution is -2.40. The predicted octanol–water partition coefficient (Wildman–Crippen LogP) is 6.13. The summed E-state index contributed by atoms with van der Waals surface area (Å²) in [5.41, 5.74) is 3.04. The average molecular weight is 398 g/mol.